The molecule has 1 rings (SSSR count). The zero-order valence-corrected chi connectivity index (χ0v) is 12.5. The predicted molar refractivity (Wildman–Crippen MR) is 75.1 cm³/mol. The van der Waals surface area contributed by atoms with Crippen LogP contribution in [0, 0.1) is 0 Å². The highest BCUT2D eigenvalue weighted by Crippen LogP contribution is 2.26. The lowest BCUT2D eigenvalue weighted by Gasteiger charge is -2.10. The average molecular weight is 342 g/mol. The van der Waals surface area contributed by atoms with Crippen molar-refractivity contribution in [3.8, 4) is 0 Å². The number of anilines is 1. The van der Waals surface area contributed by atoms with Crippen molar-refractivity contribution >= 4 is 43.2 Å². The van der Waals surface area contributed by atoms with Crippen molar-refractivity contribution in [2.45, 2.75) is 6.92 Å². The fourth-order valence-electron chi connectivity index (χ4n) is 1.18. The first-order valence-corrected chi connectivity index (χ1v) is 7.93. The van der Waals surface area contributed by atoms with Gasteiger partial charge < -0.3 is 5.32 Å². The second-order valence-electron chi connectivity index (χ2n) is 3.40. The lowest BCUT2D eigenvalue weighted by atomic mass is 10.3. The van der Waals surface area contributed by atoms with Gasteiger partial charge in [-0.05, 0) is 24.7 Å². The van der Waals surface area contributed by atoms with Gasteiger partial charge >= 0.3 is 0 Å². The van der Waals surface area contributed by atoms with Gasteiger partial charge in [-0.15, -0.1) is 0 Å². The van der Waals surface area contributed by atoms with Crippen LogP contribution < -0.4 is 10.0 Å². The summed E-state index contributed by atoms with van der Waals surface area (Å²) in [5, 5.41) is 3.33. The van der Waals surface area contributed by atoms with Crippen molar-refractivity contribution in [2.24, 2.45) is 0 Å². The molecule has 0 heterocycles. The third-order valence-electron chi connectivity index (χ3n) is 1.99. The first-order valence-electron chi connectivity index (χ1n) is 5.11. The largest absolute Gasteiger partial charge is 0.316 e. The molecular weight excluding hydrogens is 328 g/mol. The zero-order chi connectivity index (χ0) is 12.9. The molecular formula is C10H14BrClN2O2S. The Hall–Kier alpha value is -0.300. The van der Waals surface area contributed by atoms with Gasteiger partial charge in [-0.25, -0.2) is 8.42 Å². The molecule has 17 heavy (non-hydrogen) atoms. The molecule has 1 aromatic rings. The van der Waals surface area contributed by atoms with Gasteiger partial charge in [0.2, 0.25) is 10.0 Å². The van der Waals surface area contributed by atoms with Gasteiger partial charge in [0, 0.05) is 11.0 Å². The Morgan fingerprint density at radius 3 is 2.76 bits per heavy atom. The van der Waals surface area contributed by atoms with Crippen molar-refractivity contribution in [2.75, 3.05) is 23.6 Å². The van der Waals surface area contributed by atoms with Crippen molar-refractivity contribution < 1.29 is 8.42 Å². The van der Waals surface area contributed by atoms with E-state index in [-0.39, 0.29) is 5.75 Å². The maximum absolute atomic E-state index is 11.7. The van der Waals surface area contributed by atoms with E-state index in [2.05, 4.69) is 26.0 Å². The van der Waals surface area contributed by atoms with Crippen molar-refractivity contribution in [1.29, 1.82) is 0 Å². The van der Waals surface area contributed by atoms with Crippen LogP contribution in [-0.2, 0) is 10.0 Å². The van der Waals surface area contributed by atoms with E-state index in [0.29, 0.717) is 17.3 Å². The molecule has 0 saturated heterocycles. The number of nitrogens with one attached hydrogen (secondary N) is 2. The third-order valence-corrected chi connectivity index (χ3v) is 4.09. The number of rotatable bonds is 6. The highest BCUT2D eigenvalue weighted by molar-refractivity contribution is 9.10. The van der Waals surface area contributed by atoms with Gasteiger partial charge in [-0.3, -0.25) is 4.72 Å². The average Bonchev–Trinajstić information content (AvgIpc) is 2.23. The van der Waals surface area contributed by atoms with Crippen LogP contribution in [0.4, 0.5) is 5.69 Å². The number of hydrogen-bond acceptors (Lipinski definition) is 3. The van der Waals surface area contributed by atoms with E-state index < -0.39 is 10.0 Å². The Balaban J connectivity index is 2.72. The fraction of sp³-hybridized carbons (Fsp3) is 0.400. The quantitative estimate of drug-likeness (QED) is 0.781. The van der Waals surface area contributed by atoms with Crippen LogP contribution >= 0.6 is 27.5 Å². The summed E-state index contributed by atoms with van der Waals surface area (Å²) in [4.78, 5) is 0. The van der Waals surface area contributed by atoms with Crippen LogP contribution in [0.3, 0.4) is 0 Å². The van der Waals surface area contributed by atoms with Crippen molar-refractivity contribution in [3.63, 3.8) is 0 Å². The number of benzene rings is 1. The molecule has 0 unspecified atom stereocenters. The lowest BCUT2D eigenvalue weighted by Crippen LogP contribution is -2.26. The summed E-state index contributed by atoms with van der Waals surface area (Å²) in [6, 6.07) is 5.01. The van der Waals surface area contributed by atoms with Crippen LogP contribution in [-0.4, -0.2) is 27.3 Å². The minimum Gasteiger partial charge on any atom is -0.316 e. The molecule has 0 aromatic heterocycles. The lowest BCUT2D eigenvalue weighted by molar-refractivity contribution is 0.597. The molecule has 1 aromatic carbocycles. The second-order valence-corrected chi connectivity index (χ2v) is 6.56. The van der Waals surface area contributed by atoms with Crippen LogP contribution in [0.1, 0.15) is 6.92 Å². The van der Waals surface area contributed by atoms with E-state index in [1.165, 1.54) is 0 Å². The Morgan fingerprint density at radius 2 is 2.12 bits per heavy atom. The van der Waals surface area contributed by atoms with E-state index in [0.717, 1.165) is 11.0 Å². The number of sulfonamides is 1. The van der Waals surface area contributed by atoms with E-state index in [1.54, 1.807) is 18.2 Å². The molecule has 0 bridgehead atoms. The predicted octanol–water partition coefficient (Wildman–Crippen LogP) is 2.45. The van der Waals surface area contributed by atoms with Gasteiger partial charge in [0.25, 0.3) is 0 Å². The molecule has 0 aliphatic rings. The maximum atomic E-state index is 11.7. The van der Waals surface area contributed by atoms with Crippen molar-refractivity contribution in [3.05, 3.63) is 27.7 Å². The normalized spacial score (nSPS) is 11.5. The summed E-state index contributed by atoms with van der Waals surface area (Å²) in [7, 11) is -3.36. The van der Waals surface area contributed by atoms with Gasteiger partial charge in [-0.1, -0.05) is 34.5 Å². The SMILES string of the molecule is CCNCCS(=O)(=O)Nc1cc(Br)ccc1Cl. The summed E-state index contributed by atoms with van der Waals surface area (Å²) in [5.41, 5.74) is 0.387. The summed E-state index contributed by atoms with van der Waals surface area (Å²) in [6.07, 6.45) is 0. The first-order chi connectivity index (χ1) is 7.94. The standard InChI is InChI=1S/C10H14BrClN2O2S/c1-2-13-5-6-17(15,16)14-10-7-8(11)3-4-9(10)12/h3-4,7,13-14H,2,5-6H2,1H3. The van der Waals surface area contributed by atoms with E-state index in [9.17, 15) is 8.42 Å². The highest BCUT2D eigenvalue weighted by Gasteiger charge is 2.12. The molecule has 7 heteroatoms. The van der Waals surface area contributed by atoms with Gasteiger partial charge in [0.05, 0.1) is 16.5 Å². The molecule has 0 amide bonds. The summed E-state index contributed by atoms with van der Waals surface area (Å²) in [6.45, 7) is 3.08. The van der Waals surface area contributed by atoms with Gasteiger partial charge in [0.15, 0.2) is 0 Å². The zero-order valence-electron chi connectivity index (χ0n) is 9.33. The molecule has 0 radical (unpaired) electrons. The van der Waals surface area contributed by atoms with Crippen LogP contribution in [0.25, 0.3) is 0 Å². The van der Waals surface area contributed by atoms with E-state index >= 15 is 0 Å². The van der Waals surface area contributed by atoms with Crippen LogP contribution in [0.2, 0.25) is 5.02 Å². The Labute approximate surface area is 115 Å². The molecule has 0 aliphatic carbocycles. The molecule has 0 atom stereocenters. The first kappa shape index (κ1) is 14.8. The minimum absolute atomic E-state index is 0.0175. The third kappa shape index (κ3) is 5.25. The molecule has 0 fully saturated rings. The Bertz CT molecular complexity index is 479. The maximum Gasteiger partial charge on any atom is 0.234 e. The van der Waals surface area contributed by atoms with Crippen molar-refractivity contribution in [1.82, 2.24) is 5.32 Å². The highest BCUT2D eigenvalue weighted by atomic mass is 79.9. The summed E-state index contributed by atoms with van der Waals surface area (Å²) >= 11 is 9.16. The Kier molecular flexibility index (Phi) is 5.72. The van der Waals surface area contributed by atoms with Gasteiger partial charge in [0.1, 0.15) is 0 Å². The molecule has 2 N–H and O–H groups in total. The van der Waals surface area contributed by atoms with Crippen LogP contribution in [0.15, 0.2) is 22.7 Å². The second kappa shape index (κ2) is 6.58. The summed E-state index contributed by atoms with van der Waals surface area (Å²) in [5.74, 6) is 0.0175. The molecule has 0 aliphatic heterocycles. The monoisotopic (exact) mass is 340 g/mol. The number of hydrogen-bond donors (Lipinski definition) is 2. The number of halogens is 2. The van der Waals surface area contributed by atoms with Crippen LogP contribution in [0.5, 0.6) is 0 Å². The molecule has 96 valence electrons. The topological polar surface area (TPSA) is 58.2 Å². The molecule has 4 nitrogen and oxygen atoms in total. The Morgan fingerprint density at radius 1 is 1.41 bits per heavy atom. The minimum atomic E-state index is -3.36. The fourth-order valence-corrected chi connectivity index (χ4v) is 2.78. The van der Waals surface area contributed by atoms with Gasteiger partial charge in [-0.2, -0.15) is 0 Å². The smallest absolute Gasteiger partial charge is 0.234 e. The molecule has 0 spiro atoms. The summed E-state index contributed by atoms with van der Waals surface area (Å²) < 4.78 is 26.7. The van der Waals surface area contributed by atoms with E-state index in [1.807, 2.05) is 6.92 Å². The van der Waals surface area contributed by atoms with E-state index in [4.69, 9.17) is 11.6 Å². The molecule has 0 saturated carbocycles.